The molecule has 1 rings (SSSR count). The molecule has 8 heteroatoms. The zero-order chi connectivity index (χ0) is 17.2. The number of nitrogens with zero attached hydrogens (tertiary/aromatic N) is 1. The van der Waals surface area contributed by atoms with Crippen molar-refractivity contribution in [1.29, 1.82) is 0 Å². The van der Waals surface area contributed by atoms with Crippen LogP contribution in [-0.2, 0) is 6.54 Å². The van der Waals surface area contributed by atoms with Gasteiger partial charge in [-0.1, -0.05) is 13.8 Å². The van der Waals surface area contributed by atoms with Crippen molar-refractivity contribution in [2.75, 3.05) is 20.7 Å². The van der Waals surface area contributed by atoms with Crippen molar-refractivity contribution in [3.8, 4) is 11.5 Å². The third-order valence-corrected chi connectivity index (χ3v) is 3.17. The van der Waals surface area contributed by atoms with E-state index in [2.05, 4.69) is 34.2 Å². The van der Waals surface area contributed by atoms with Gasteiger partial charge in [0.05, 0.1) is 7.11 Å². The minimum Gasteiger partial charge on any atom is -0.497 e. The number of rotatable bonds is 8. The molecule has 24 heavy (non-hydrogen) atoms. The SMILES string of the molecule is CN=C(NCCC(C)C)NCc1cc(OC)ccc1OC(F)F.I. The normalized spacial score (nSPS) is 11.2. The summed E-state index contributed by atoms with van der Waals surface area (Å²) in [5.41, 5.74) is 0.566. The van der Waals surface area contributed by atoms with Crippen LogP contribution in [0, 0.1) is 5.92 Å². The van der Waals surface area contributed by atoms with Crippen molar-refractivity contribution in [2.45, 2.75) is 33.4 Å². The average Bonchev–Trinajstić information content (AvgIpc) is 2.51. The van der Waals surface area contributed by atoms with E-state index in [1.54, 1.807) is 19.2 Å². The van der Waals surface area contributed by atoms with Gasteiger partial charge in [-0.15, -0.1) is 24.0 Å². The Bertz CT molecular complexity index is 514. The number of hydrogen-bond donors (Lipinski definition) is 2. The second kappa shape index (κ2) is 12.1. The average molecular weight is 457 g/mol. The topological polar surface area (TPSA) is 54.9 Å². The number of ether oxygens (including phenoxy) is 2. The van der Waals surface area contributed by atoms with Gasteiger partial charge in [0.25, 0.3) is 0 Å². The van der Waals surface area contributed by atoms with E-state index < -0.39 is 6.61 Å². The van der Waals surface area contributed by atoms with Crippen molar-refractivity contribution < 1.29 is 18.3 Å². The zero-order valence-corrected chi connectivity index (χ0v) is 16.8. The maximum Gasteiger partial charge on any atom is 0.387 e. The highest BCUT2D eigenvalue weighted by Crippen LogP contribution is 2.25. The molecule has 0 aliphatic carbocycles. The molecule has 0 fully saturated rings. The molecule has 0 heterocycles. The van der Waals surface area contributed by atoms with E-state index in [0.29, 0.717) is 29.7 Å². The Morgan fingerprint density at radius 3 is 2.50 bits per heavy atom. The van der Waals surface area contributed by atoms with Gasteiger partial charge in [-0.05, 0) is 30.5 Å². The van der Waals surface area contributed by atoms with Crippen LogP contribution in [-0.4, -0.2) is 33.3 Å². The number of aliphatic imine (C=N–C) groups is 1. The lowest BCUT2D eigenvalue weighted by molar-refractivity contribution is -0.0504. The summed E-state index contributed by atoms with van der Waals surface area (Å²) in [7, 11) is 3.18. The molecule has 1 aromatic rings. The largest absolute Gasteiger partial charge is 0.497 e. The first-order valence-corrected chi connectivity index (χ1v) is 7.52. The van der Waals surface area contributed by atoms with Crippen molar-refractivity contribution in [1.82, 2.24) is 10.6 Å². The van der Waals surface area contributed by atoms with Gasteiger partial charge >= 0.3 is 6.61 Å². The van der Waals surface area contributed by atoms with E-state index >= 15 is 0 Å². The van der Waals surface area contributed by atoms with Gasteiger partial charge in [-0.2, -0.15) is 8.78 Å². The molecule has 2 N–H and O–H groups in total. The van der Waals surface area contributed by atoms with Crippen LogP contribution in [0.5, 0.6) is 11.5 Å². The standard InChI is InChI=1S/C16H25F2N3O2.HI/c1-11(2)7-8-20-16(19-3)21-10-12-9-13(22-4)5-6-14(12)23-15(17)18;/h5-6,9,11,15H,7-8,10H2,1-4H3,(H2,19,20,21);1H. The van der Waals surface area contributed by atoms with Gasteiger partial charge in [0, 0.05) is 25.7 Å². The Kier molecular flexibility index (Phi) is 11.4. The molecular formula is C16H26F2IN3O2. The lowest BCUT2D eigenvalue weighted by Gasteiger charge is -2.16. The van der Waals surface area contributed by atoms with Crippen LogP contribution in [0.15, 0.2) is 23.2 Å². The molecule has 1 aromatic carbocycles. The van der Waals surface area contributed by atoms with E-state index in [4.69, 9.17) is 4.74 Å². The van der Waals surface area contributed by atoms with Crippen molar-refractivity contribution in [3.05, 3.63) is 23.8 Å². The maximum absolute atomic E-state index is 12.5. The fraction of sp³-hybridized carbons (Fsp3) is 0.562. The van der Waals surface area contributed by atoms with Gasteiger partial charge in [0.2, 0.25) is 0 Å². The molecule has 0 saturated heterocycles. The molecule has 0 unspecified atom stereocenters. The smallest absolute Gasteiger partial charge is 0.387 e. The molecule has 0 spiro atoms. The monoisotopic (exact) mass is 457 g/mol. The molecule has 0 aliphatic heterocycles. The van der Waals surface area contributed by atoms with Crippen LogP contribution in [0.3, 0.4) is 0 Å². The molecule has 5 nitrogen and oxygen atoms in total. The van der Waals surface area contributed by atoms with Crippen LogP contribution in [0.25, 0.3) is 0 Å². The van der Waals surface area contributed by atoms with Crippen LogP contribution in [0.4, 0.5) is 8.78 Å². The summed E-state index contributed by atoms with van der Waals surface area (Å²) < 4.78 is 34.6. The van der Waals surface area contributed by atoms with Crippen LogP contribution >= 0.6 is 24.0 Å². The number of guanidine groups is 1. The van der Waals surface area contributed by atoms with Gasteiger partial charge in [-0.3, -0.25) is 4.99 Å². The Morgan fingerprint density at radius 1 is 1.25 bits per heavy atom. The highest BCUT2D eigenvalue weighted by molar-refractivity contribution is 14.0. The summed E-state index contributed by atoms with van der Waals surface area (Å²) in [5, 5.41) is 6.26. The molecule has 0 saturated carbocycles. The third-order valence-electron chi connectivity index (χ3n) is 3.17. The fourth-order valence-corrected chi connectivity index (χ4v) is 1.91. The first kappa shape index (κ1) is 22.7. The highest BCUT2D eigenvalue weighted by atomic mass is 127. The predicted octanol–water partition coefficient (Wildman–Crippen LogP) is 3.63. The molecule has 138 valence electrons. The summed E-state index contributed by atoms with van der Waals surface area (Å²) in [6.45, 7) is 2.49. The van der Waals surface area contributed by atoms with Crippen molar-refractivity contribution >= 4 is 29.9 Å². The van der Waals surface area contributed by atoms with Crippen LogP contribution in [0.2, 0.25) is 0 Å². The Morgan fingerprint density at radius 2 is 1.96 bits per heavy atom. The highest BCUT2D eigenvalue weighted by Gasteiger charge is 2.11. The zero-order valence-electron chi connectivity index (χ0n) is 14.4. The molecule has 0 amide bonds. The van der Waals surface area contributed by atoms with Gasteiger partial charge in [0.1, 0.15) is 11.5 Å². The number of benzene rings is 1. The third kappa shape index (κ3) is 8.51. The second-order valence-electron chi connectivity index (χ2n) is 5.39. The first-order valence-electron chi connectivity index (χ1n) is 7.52. The van der Waals surface area contributed by atoms with E-state index in [1.807, 2.05) is 0 Å². The quantitative estimate of drug-likeness (QED) is 0.356. The Balaban J connectivity index is 0.00000529. The first-order chi connectivity index (χ1) is 11.0. The molecule has 0 atom stereocenters. The number of alkyl halides is 2. The molecule has 0 bridgehead atoms. The fourth-order valence-electron chi connectivity index (χ4n) is 1.91. The molecule has 0 aromatic heterocycles. The maximum atomic E-state index is 12.5. The van der Waals surface area contributed by atoms with E-state index in [9.17, 15) is 8.78 Å². The molecular weight excluding hydrogens is 431 g/mol. The summed E-state index contributed by atoms with van der Waals surface area (Å²) in [6.07, 6.45) is 1.01. The van der Waals surface area contributed by atoms with E-state index in [1.165, 1.54) is 13.2 Å². The van der Waals surface area contributed by atoms with E-state index in [-0.39, 0.29) is 29.7 Å². The lowest BCUT2D eigenvalue weighted by Crippen LogP contribution is -2.37. The number of methoxy groups -OCH3 is 1. The predicted molar refractivity (Wildman–Crippen MR) is 103 cm³/mol. The van der Waals surface area contributed by atoms with Crippen molar-refractivity contribution in [3.63, 3.8) is 0 Å². The lowest BCUT2D eigenvalue weighted by atomic mass is 10.1. The van der Waals surface area contributed by atoms with Crippen molar-refractivity contribution in [2.24, 2.45) is 10.9 Å². The number of hydrogen-bond acceptors (Lipinski definition) is 3. The van der Waals surface area contributed by atoms with Gasteiger partial charge in [-0.25, -0.2) is 0 Å². The molecule has 0 radical (unpaired) electrons. The summed E-state index contributed by atoms with van der Waals surface area (Å²) in [6, 6.07) is 4.71. The van der Waals surface area contributed by atoms with E-state index in [0.717, 1.165) is 13.0 Å². The minimum atomic E-state index is -2.87. The van der Waals surface area contributed by atoms with Crippen LogP contribution < -0.4 is 20.1 Å². The minimum absolute atomic E-state index is 0. The second-order valence-corrected chi connectivity index (χ2v) is 5.39. The van der Waals surface area contributed by atoms with Crippen LogP contribution in [0.1, 0.15) is 25.8 Å². The van der Waals surface area contributed by atoms with Gasteiger partial charge < -0.3 is 20.1 Å². The Labute approximate surface area is 159 Å². The molecule has 0 aliphatic rings. The summed E-state index contributed by atoms with van der Waals surface area (Å²) in [5.74, 6) is 1.89. The Hall–Kier alpha value is -1.32. The number of halogens is 3. The number of nitrogens with one attached hydrogen (secondary N) is 2. The summed E-state index contributed by atoms with van der Waals surface area (Å²) in [4.78, 5) is 4.11. The van der Waals surface area contributed by atoms with Gasteiger partial charge in [0.15, 0.2) is 5.96 Å². The summed E-state index contributed by atoms with van der Waals surface area (Å²) >= 11 is 0.